The van der Waals surface area contributed by atoms with Crippen LogP contribution in [0.25, 0.3) is 0 Å². The second-order valence-corrected chi connectivity index (χ2v) is 6.76. The zero-order valence-electron chi connectivity index (χ0n) is 13.3. The predicted molar refractivity (Wildman–Crippen MR) is 79.9 cm³/mol. The Hall–Kier alpha value is -0.735. The smallest absolute Gasteiger partial charge is 0.498 e. The maximum absolute atomic E-state index is 9.82. The molecule has 1 atom stereocenters. The fourth-order valence-electron chi connectivity index (χ4n) is 1.76. The van der Waals surface area contributed by atoms with Crippen LogP contribution < -0.4 is 0 Å². The van der Waals surface area contributed by atoms with Gasteiger partial charge in [0.15, 0.2) is 0 Å². The van der Waals surface area contributed by atoms with Gasteiger partial charge in [-0.05, 0) is 39.5 Å². The largest absolute Gasteiger partial charge is 0.509 e. The lowest BCUT2D eigenvalue weighted by atomic mass is 9.74. The Morgan fingerprint density at radius 1 is 1.11 bits per heavy atom. The van der Waals surface area contributed by atoms with Crippen LogP contribution in [0.2, 0.25) is 0 Å². The van der Waals surface area contributed by atoms with Gasteiger partial charge in [0.25, 0.3) is 0 Å². The van der Waals surface area contributed by atoms with Crippen LogP contribution in [0.15, 0.2) is 23.9 Å². The van der Waals surface area contributed by atoms with E-state index in [2.05, 4.69) is 27.4 Å². The van der Waals surface area contributed by atoms with E-state index in [9.17, 15) is 5.11 Å². The third-order valence-corrected chi connectivity index (χ3v) is 4.33. The molecule has 0 radical (unpaired) electrons. The lowest BCUT2D eigenvalue weighted by Gasteiger charge is -2.32. The fraction of sp³-hybridized carbons (Fsp3) is 0.733. The van der Waals surface area contributed by atoms with E-state index in [1.165, 1.54) is 0 Å². The number of aliphatic hydroxyl groups is 1. The average Bonchev–Trinajstić information content (AvgIpc) is 2.43. The van der Waals surface area contributed by atoms with Crippen molar-refractivity contribution in [3.63, 3.8) is 0 Å². The molecule has 3 nitrogen and oxygen atoms in total. The first-order valence-corrected chi connectivity index (χ1v) is 6.93. The van der Waals surface area contributed by atoms with Gasteiger partial charge >= 0.3 is 7.12 Å². The van der Waals surface area contributed by atoms with E-state index in [0.29, 0.717) is 17.3 Å². The maximum atomic E-state index is 9.82. The molecule has 108 valence electrons. The molecule has 0 aromatic rings. The van der Waals surface area contributed by atoms with E-state index >= 15 is 0 Å². The molecule has 1 fully saturated rings. The summed E-state index contributed by atoms with van der Waals surface area (Å²) in [5.41, 5.74) is -0.180. The van der Waals surface area contributed by atoms with Gasteiger partial charge < -0.3 is 14.4 Å². The van der Waals surface area contributed by atoms with Crippen LogP contribution in [-0.2, 0) is 9.31 Å². The predicted octanol–water partition coefficient (Wildman–Crippen LogP) is 3.91. The Morgan fingerprint density at radius 2 is 1.53 bits per heavy atom. The van der Waals surface area contributed by atoms with Crippen LogP contribution in [0.3, 0.4) is 0 Å². The molecule has 0 amide bonds. The van der Waals surface area contributed by atoms with Crippen molar-refractivity contribution < 1.29 is 14.4 Å². The number of hydrogen-bond donors (Lipinski definition) is 1. The molecule has 1 aliphatic heterocycles. The Morgan fingerprint density at radius 3 is 1.84 bits per heavy atom. The Kier molecular flexibility index (Phi) is 4.58. The van der Waals surface area contributed by atoms with Gasteiger partial charge in [0.2, 0.25) is 0 Å². The minimum atomic E-state index is -0.552. The van der Waals surface area contributed by atoms with Crippen molar-refractivity contribution in [1.82, 2.24) is 0 Å². The number of hydrogen-bond acceptors (Lipinski definition) is 3. The number of allylic oxidation sites excluding steroid dienone is 2. The van der Waals surface area contributed by atoms with Crippen molar-refractivity contribution in [1.29, 1.82) is 0 Å². The van der Waals surface area contributed by atoms with Gasteiger partial charge in [0, 0.05) is 5.47 Å². The van der Waals surface area contributed by atoms with Crippen LogP contribution in [0.1, 0.15) is 48.5 Å². The molecule has 1 rings (SSSR count). The third-order valence-electron chi connectivity index (χ3n) is 4.33. The molecule has 1 saturated heterocycles. The van der Waals surface area contributed by atoms with Crippen LogP contribution in [0, 0.1) is 11.8 Å². The quantitative estimate of drug-likeness (QED) is 0.476. The van der Waals surface area contributed by atoms with Crippen LogP contribution in [0.5, 0.6) is 0 Å². The summed E-state index contributed by atoms with van der Waals surface area (Å²) in [6, 6.07) is 0. The normalized spacial score (nSPS) is 23.8. The Balaban J connectivity index is 3.02. The lowest BCUT2D eigenvalue weighted by molar-refractivity contribution is 0.00578. The molecule has 1 heterocycles. The summed E-state index contributed by atoms with van der Waals surface area (Å²) in [5.74, 6) is 0.820. The van der Waals surface area contributed by atoms with Crippen molar-refractivity contribution in [3.05, 3.63) is 23.9 Å². The molecule has 19 heavy (non-hydrogen) atoms. The van der Waals surface area contributed by atoms with Gasteiger partial charge in [-0.1, -0.05) is 33.4 Å². The Labute approximate surface area is 117 Å². The van der Waals surface area contributed by atoms with Gasteiger partial charge in [0.1, 0.15) is 5.76 Å². The first-order chi connectivity index (χ1) is 8.48. The highest BCUT2D eigenvalue weighted by Crippen LogP contribution is 2.39. The zero-order chi connectivity index (χ0) is 15.0. The molecule has 0 saturated carbocycles. The van der Waals surface area contributed by atoms with Gasteiger partial charge in [-0.15, -0.1) is 0 Å². The minimum absolute atomic E-state index is 0.0194. The second-order valence-electron chi connectivity index (χ2n) is 6.76. The van der Waals surface area contributed by atoms with Crippen LogP contribution >= 0.6 is 0 Å². The SMILES string of the molecule is C=C(O)/C(=C\C(C)C(C)C)B1OC(C)(C)C(C)(C)O1. The fourth-order valence-corrected chi connectivity index (χ4v) is 1.76. The van der Waals surface area contributed by atoms with E-state index < -0.39 is 18.3 Å². The summed E-state index contributed by atoms with van der Waals surface area (Å²) < 4.78 is 11.9. The molecule has 1 unspecified atom stereocenters. The van der Waals surface area contributed by atoms with Crippen LogP contribution in [0.4, 0.5) is 0 Å². The molecular weight excluding hydrogens is 239 g/mol. The van der Waals surface area contributed by atoms with E-state index in [1.807, 2.05) is 33.8 Å². The van der Waals surface area contributed by atoms with Crippen molar-refractivity contribution in [2.75, 3.05) is 0 Å². The summed E-state index contributed by atoms with van der Waals surface area (Å²) in [6.45, 7) is 18.0. The molecule has 1 N–H and O–H groups in total. The molecular formula is C15H27BO3. The van der Waals surface area contributed by atoms with Gasteiger partial charge in [-0.2, -0.15) is 0 Å². The van der Waals surface area contributed by atoms with Crippen molar-refractivity contribution >= 4 is 7.12 Å². The molecule has 4 heteroatoms. The summed E-state index contributed by atoms with van der Waals surface area (Å²) in [4.78, 5) is 0. The monoisotopic (exact) mass is 266 g/mol. The third kappa shape index (κ3) is 3.43. The van der Waals surface area contributed by atoms with E-state index in [-0.39, 0.29) is 5.76 Å². The number of aliphatic hydroxyl groups excluding tert-OH is 1. The molecule has 0 aliphatic carbocycles. The van der Waals surface area contributed by atoms with E-state index in [4.69, 9.17) is 9.31 Å². The molecule has 0 aromatic heterocycles. The maximum Gasteiger partial charge on any atom is 0.498 e. The van der Waals surface area contributed by atoms with Crippen molar-refractivity contribution in [2.45, 2.75) is 59.7 Å². The first-order valence-electron chi connectivity index (χ1n) is 6.93. The van der Waals surface area contributed by atoms with Gasteiger partial charge in [-0.3, -0.25) is 0 Å². The molecule has 1 aliphatic rings. The minimum Gasteiger partial charge on any atom is -0.509 e. The summed E-state index contributed by atoms with van der Waals surface area (Å²) in [7, 11) is -0.552. The molecule has 0 aromatic carbocycles. The van der Waals surface area contributed by atoms with Crippen molar-refractivity contribution in [2.24, 2.45) is 11.8 Å². The highest BCUT2D eigenvalue weighted by molar-refractivity contribution is 6.55. The number of rotatable bonds is 4. The lowest BCUT2D eigenvalue weighted by Crippen LogP contribution is -2.41. The summed E-state index contributed by atoms with van der Waals surface area (Å²) >= 11 is 0. The summed E-state index contributed by atoms with van der Waals surface area (Å²) in [6.07, 6.45) is 2.00. The standard InChI is InChI=1S/C15H27BO3/c1-10(2)11(3)9-13(12(4)17)16-18-14(5,6)15(7,8)19-16/h9-11,17H,4H2,1-3,5-8H3/b13-9+. The highest BCUT2D eigenvalue weighted by atomic mass is 16.7. The van der Waals surface area contributed by atoms with Gasteiger partial charge in [-0.25, -0.2) is 0 Å². The van der Waals surface area contributed by atoms with E-state index in [0.717, 1.165) is 0 Å². The Bertz CT molecular complexity index is 367. The highest BCUT2D eigenvalue weighted by Gasteiger charge is 2.52. The van der Waals surface area contributed by atoms with E-state index in [1.54, 1.807) is 0 Å². The second kappa shape index (κ2) is 5.33. The topological polar surface area (TPSA) is 38.7 Å². The molecule has 0 spiro atoms. The van der Waals surface area contributed by atoms with Gasteiger partial charge in [0.05, 0.1) is 11.2 Å². The van der Waals surface area contributed by atoms with Crippen LogP contribution in [-0.4, -0.2) is 23.4 Å². The summed E-state index contributed by atoms with van der Waals surface area (Å²) in [5, 5.41) is 9.82. The average molecular weight is 266 g/mol. The zero-order valence-corrected chi connectivity index (χ0v) is 13.3. The van der Waals surface area contributed by atoms with Crippen molar-refractivity contribution in [3.8, 4) is 0 Å². The first kappa shape index (κ1) is 16.3. The molecule has 0 bridgehead atoms.